The Bertz CT molecular complexity index is 291. The van der Waals surface area contributed by atoms with Crippen LogP contribution in [0.15, 0.2) is 23.1 Å². The van der Waals surface area contributed by atoms with Crippen LogP contribution in [0, 0.1) is 5.92 Å². The number of nitrogens with one attached hydrogen (secondary N) is 1. The van der Waals surface area contributed by atoms with Gasteiger partial charge in [0.2, 0.25) is 0 Å². The molecule has 0 aromatic carbocycles. The SMILES string of the molecule is CC(C)COc1ccc[nH]c1=O. The second-order valence-electron chi connectivity index (χ2n) is 3.07. The van der Waals surface area contributed by atoms with Gasteiger partial charge in [-0.3, -0.25) is 4.79 Å². The van der Waals surface area contributed by atoms with E-state index in [9.17, 15) is 4.79 Å². The minimum Gasteiger partial charge on any atom is -0.488 e. The molecule has 0 amide bonds. The van der Waals surface area contributed by atoms with Crippen LogP contribution in [0.4, 0.5) is 0 Å². The van der Waals surface area contributed by atoms with Gasteiger partial charge in [0.05, 0.1) is 6.61 Å². The first-order chi connectivity index (χ1) is 5.70. The van der Waals surface area contributed by atoms with Crippen LogP contribution < -0.4 is 10.3 Å². The number of aromatic nitrogens is 1. The topological polar surface area (TPSA) is 42.1 Å². The average molecular weight is 167 g/mol. The van der Waals surface area contributed by atoms with Gasteiger partial charge >= 0.3 is 0 Å². The Labute approximate surface area is 71.4 Å². The third kappa shape index (κ3) is 2.42. The number of H-pyrrole nitrogens is 1. The summed E-state index contributed by atoms with van der Waals surface area (Å²) in [6.07, 6.45) is 1.59. The van der Waals surface area contributed by atoms with Crippen LogP contribution in [-0.4, -0.2) is 11.6 Å². The third-order valence-corrected chi connectivity index (χ3v) is 1.35. The lowest BCUT2D eigenvalue weighted by Gasteiger charge is -2.06. The number of hydrogen-bond donors (Lipinski definition) is 1. The normalized spacial score (nSPS) is 10.2. The van der Waals surface area contributed by atoms with Crippen molar-refractivity contribution in [3.63, 3.8) is 0 Å². The molecule has 0 spiro atoms. The van der Waals surface area contributed by atoms with Gasteiger partial charge in [-0.25, -0.2) is 0 Å². The van der Waals surface area contributed by atoms with Crippen LogP contribution in [-0.2, 0) is 0 Å². The molecule has 0 bridgehead atoms. The zero-order valence-corrected chi connectivity index (χ0v) is 7.33. The Balaban J connectivity index is 2.64. The van der Waals surface area contributed by atoms with Gasteiger partial charge in [0.25, 0.3) is 5.56 Å². The van der Waals surface area contributed by atoms with Crippen molar-refractivity contribution in [2.45, 2.75) is 13.8 Å². The van der Waals surface area contributed by atoms with Crippen molar-refractivity contribution < 1.29 is 4.74 Å². The molecule has 3 nitrogen and oxygen atoms in total. The second kappa shape index (κ2) is 3.95. The number of aromatic amines is 1. The Morgan fingerprint density at radius 2 is 2.33 bits per heavy atom. The Kier molecular flexibility index (Phi) is 2.91. The van der Waals surface area contributed by atoms with Crippen molar-refractivity contribution in [3.8, 4) is 5.75 Å². The molecular formula is C9H13NO2. The molecule has 0 saturated heterocycles. The van der Waals surface area contributed by atoms with Crippen molar-refractivity contribution in [1.82, 2.24) is 4.98 Å². The van der Waals surface area contributed by atoms with Gasteiger partial charge in [0, 0.05) is 6.20 Å². The quantitative estimate of drug-likeness (QED) is 0.739. The fourth-order valence-corrected chi connectivity index (χ4v) is 0.776. The summed E-state index contributed by atoms with van der Waals surface area (Å²) in [4.78, 5) is 13.6. The molecule has 0 aliphatic heterocycles. The molecule has 1 aromatic rings. The molecule has 1 rings (SSSR count). The van der Waals surface area contributed by atoms with Gasteiger partial charge in [-0.2, -0.15) is 0 Å². The lowest BCUT2D eigenvalue weighted by molar-refractivity contribution is 0.267. The maximum Gasteiger partial charge on any atom is 0.290 e. The van der Waals surface area contributed by atoms with E-state index in [2.05, 4.69) is 4.98 Å². The molecule has 12 heavy (non-hydrogen) atoms. The molecule has 0 atom stereocenters. The van der Waals surface area contributed by atoms with Crippen LogP contribution in [0.3, 0.4) is 0 Å². The van der Waals surface area contributed by atoms with Gasteiger partial charge in [-0.1, -0.05) is 13.8 Å². The zero-order valence-electron chi connectivity index (χ0n) is 7.33. The number of rotatable bonds is 3. The van der Waals surface area contributed by atoms with E-state index >= 15 is 0 Å². The number of ether oxygens (including phenoxy) is 1. The molecule has 3 heteroatoms. The summed E-state index contributed by atoms with van der Waals surface area (Å²) in [6.45, 7) is 4.65. The fourth-order valence-electron chi connectivity index (χ4n) is 0.776. The van der Waals surface area contributed by atoms with Crippen LogP contribution in [0.1, 0.15) is 13.8 Å². The van der Waals surface area contributed by atoms with E-state index in [1.807, 2.05) is 13.8 Å². The largest absolute Gasteiger partial charge is 0.488 e. The first-order valence-electron chi connectivity index (χ1n) is 4.00. The van der Waals surface area contributed by atoms with E-state index < -0.39 is 0 Å². The standard InChI is InChI=1S/C9H13NO2/c1-7(2)6-12-8-4-3-5-10-9(8)11/h3-5,7H,6H2,1-2H3,(H,10,11). The molecule has 66 valence electrons. The number of hydrogen-bond acceptors (Lipinski definition) is 2. The maximum absolute atomic E-state index is 11.1. The van der Waals surface area contributed by atoms with E-state index in [0.717, 1.165) is 0 Å². The third-order valence-electron chi connectivity index (χ3n) is 1.35. The molecule has 0 aliphatic carbocycles. The summed E-state index contributed by atoms with van der Waals surface area (Å²) < 4.78 is 5.25. The smallest absolute Gasteiger partial charge is 0.290 e. The summed E-state index contributed by atoms with van der Waals surface area (Å²) >= 11 is 0. The first-order valence-corrected chi connectivity index (χ1v) is 4.00. The van der Waals surface area contributed by atoms with Crippen molar-refractivity contribution in [2.75, 3.05) is 6.61 Å². The predicted molar refractivity (Wildman–Crippen MR) is 47.4 cm³/mol. The average Bonchev–Trinajstić information content (AvgIpc) is 2.03. The maximum atomic E-state index is 11.1. The predicted octanol–water partition coefficient (Wildman–Crippen LogP) is 1.41. The summed E-state index contributed by atoms with van der Waals surface area (Å²) in [6, 6.07) is 3.41. The molecular weight excluding hydrogens is 154 g/mol. The Morgan fingerprint density at radius 3 is 2.92 bits per heavy atom. The van der Waals surface area contributed by atoms with Crippen LogP contribution in [0.25, 0.3) is 0 Å². The van der Waals surface area contributed by atoms with Gasteiger partial charge < -0.3 is 9.72 Å². The van der Waals surface area contributed by atoms with Crippen molar-refractivity contribution >= 4 is 0 Å². The van der Waals surface area contributed by atoms with E-state index in [-0.39, 0.29) is 5.56 Å². The van der Waals surface area contributed by atoms with Crippen molar-refractivity contribution in [1.29, 1.82) is 0 Å². The van der Waals surface area contributed by atoms with Gasteiger partial charge in [0.1, 0.15) is 0 Å². The minimum atomic E-state index is -0.168. The van der Waals surface area contributed by atoms with Crippen molar-refractivity contribution in [2.24, 2.45) is 5.92 Å². The molecule has 1 heterocycles. The lowest BCUT2D eigenvalue weighted by Crippen LogP contribution is -2.13. The number of pyridine rings is 1. The van der Waals surface area contributed by atoms with Crippen LogP contribution in [0.5, 0.6) is 5.75 Å². The molecule has 0 saturated carbocycles. The first kappa shape index (κ1) is 8.84. The van der Waals surface area contributed by atoms with E-state index in [1.165, 1.54) is 0 Å². The highest BCUT2D eigenvalue weighted by Gasteiger charge is 1.99. The van der Waals surface area contributed by atoms with Gasteiger partial charge in [0.15, 0.2) is 5.75 Å². The molecule has 0 radical (unpaired) electrons. The van der Waals surface area contributed by atoms with Crippen molar-refractivity contribution in [3.05, 3.63) is 28.7 Å². The van der Waals surface area contributed by atoms with Gasteiger partial charge in [-0.15, -0.1) is 0 Å². The summed E-state index contributed by atoms with van der Waals surface area (Å²) in [5, 5.41) is 0. The summed E-state index contributed by atoms with van der Waals surface area (Å²) in [7, 11) is 0. The second-order valence-corrected chi connectivity index (χ2v) is 3.07. The zero-order chi connectivity index (χ0) is 8.97. The highest BCUT2D eigenvalue weighted by Crippen LogP contribution is 2.02. The van der Waals surface area contributed by atoms with Gasteiger partial charge in [-0.05, 0) is 18.1 Å². The molecule has 1 aromatic heterocycles. The highest BCUT2D eigenvalue weighted by molar-refractivity contribution is 5.15. The lowest BCUT2D eigenvalue weighted by atomic mass is 10.2. The highest BCUT2D eigenvalue weighted by atomic mass is 16.5. The Hall–Kier alpha value is -1.25. The van der Waals surface area contributed by atoms with Crippen LogP contribution >= 0.6 is 0 Å². The summed E-state index contributed by atoms with van der Waals surface area (Å²) in [5.41, 5.74) is -0.168. The minimum absolute atomic E-state index is 0.168. The van der Waals surface area contributed by atoms with E-state index in [4.69, 9.17) is 4.74 Å². The van der Waals surface area contributed by atoms with Crippen LogP contribution in [0.2, 0.25) is 0 Å². The van der Waals surface area contributed by atoms with E-state index in [1.54, 1.807) is 18.3 Å². The molecule has 0 unspecified atom stereocenters. The molecule has 1 N–H and O–H groups in total. The fraction of sp³-hybridized carbons (Fsp3) is 0.444. The van der Waals surface area contributed by atoms with E-state index in [0.29, 0.717) is 18.3 Å². The molecule has 0 fully saturated rings. The molecule has 0 aliphatic rings. The monoisotopic (exact) mass is 167 g/mol. The summed E-state index contributed by atoms with van der Waals surface area (Å²) in [5.74, 6) is 0.829. The Morgan fingerprint density at radius 1 is 1.58 bits per heavy atom.